The molecule has 2 aliphatic rings. The molecular weight excluding hydrogens is 653 g/mol. The summed E-state index contributed by atoms with van der Waals surface area (Å²) in [5.74, 6) is 0. The van der Waals surface area contributed by atoms with E-state index in [0.29, 0.717) is 0 Å². The van der Waals surface area contributed by atoms with Crippen LogP contribution >= 0.6 is 0 Å². The van der Waals surface area contributed by atoms with Crippen LogP contribution in [0.5, 0.6) is 0 Å². The third-order valence-corrected chi connectivity index (χ3v) is 12.2. The van der Waals surface area contributed by atoms with E-state index in [9.17, 15) is 0 Å². The van der Waals surface area contributed by atoms with Crippen LogP contribution in [0.1, 0.15) is 36.1 Å². The molecule has 54 heavy (non-hydrogen) atoms. The Morgan fingerprint density at radius 3 is 0.870 bits per heavy atom. The van der Waals surface area contributed by atoms with Gasteiger partial charge >= 0.3 is 0 Å². The Labute approximate surface area is 318 Å². The van der Waals surface area contributed by atoms with Crippen molar-refractivity contribution in [3.63, 3.8) is 0 Å². The lowest BCUT2D eigenvalue weighted by atomic mass is 9.56. The summed E-state index contributed by atoms with van der Waals surface area (Å²) in [5.41, 5.74) is 16.6. The number of rotatable bonds is 7. The van der Waals surface area contributed by atoms with Crippen LogP contribution in [0.4, 0.5) is 34.1 Å². The van der Waals surface area contributed by atoms with Gasteiger partial charge in [-0.3, -0.25) is 0 Å². The summed E-state index contributed by atoms with van der Waals surface area (Å²) in [5, 5.41) is 0. The minimum Gasteiger partial charge on any atom is -0.310 e. The largest absolute Gasteiger partial charge is 0.310 e. The highest BCUT2D eigenvalue weighted by molar-refractivity contribution is 5.92. The number of fused-ring (bicyclic) bond motifs is 6. The highest BCUT2D eigenvalue weighted by Crippen LogP contribution is 2.65. The third kappa shape index (κ3) is 4.66. The minimum absolute atomic E-state index is 0.418. The van der Waals surface area contributed by atoms with Crippen molar-refractivity contribution in [3.8, 4) is 22.3 Å². The number of benzene rings is 8. The zero-order valence-corrected chi connectivity index (χ0v) is 30.5. The molecule has 0 amide bonds. The molecule has 2 aliphatic carbocycles. The second-order valence-corrected chi connectivity index (χ2v) is 14.8. The van der Waals surface area contributed by atoms with Gasteiger partial charge in [0.2, 0.25) is 0 Å². The normalized spacial score (nSPS) is 17.6. The van der Waals surface area contributed by atoms with E-state index in [1.54, 1.807) is 0 Å². The quantitative estimate of drug-likeness (QED) is 0.164. The third-order valence-electron chi connectivity index (χ3n) is 12.2. The van der Waals surface area contributed by atoms with E-state index in [4.69, 9.17) is 0 Å². The molecule has 2 atom stereocenters. The Morgan fingerprint density at radius 2 is 0.537 bits per heavy atom. The first-order chi connectivity index (χ1) is 26.6. The molecule has 10 rings (SSSR count). The molecule has 0 aliphatic heterocycles. The number of anilines is 6. The summed E-state index contributed by atoms with van der Waals surface area (Å²) in [6, 6.07) is 75.4. The van der Waals surface area contributed by atoms with Gasteiger partial charge in [0.1, 0.15) is 0 Å². The average Bonchev–Trinajstić information content (AvgIpc) is 3.66. The molecule has 0 radical (unpaired) electrons. The summed E-state index contributed by atoms with van der Waals surface area (Å²) >= 11 is 0. The molecule has 2 heteroatoms. The van der Waals surface area contributed by atoms with Gasteiger partial charge in [0.15, 0.2) is 0 Å². The van der Waals surface area contributed by atoms with E-state index < -0.39 is 10.8 Å². The van der Waals surface area contributed by atoms with Crippen LogP contribution in [-0.2, 0) is 10.8 Å². The van der Waals surface area contributed by atoms with Crippen molar-refractivity contribution < 1.29 is 0 Å². The van der Waals surface area contributed by atoms with Crippen molar-refractivity contribution in [1.29, 1.82) is 0 Å². The van der Waals surface area contributed by atoms with Crippen molar-refractivity contribution in [2.24, 2.45) is 0 Å². The zero-order valence-electron chi connectivity index (χ0n) is 30.5. The van der Waals surface area contributed by atoms with Gasteiger partial charge in [-0.15, -0.1) is 0 Å². The predicted molar refractivity (Wildman–Crippen MR) is 226 cm³/mol. The molecule has 0 bridgehead atoms. The van der Waals surface area contributed by atoms with E-state index in [2.05, 4.69) is 230 Å². The van der Waals surface area contributed by atoms with Crippen LogP contribution in [-0.4, -0.2) is 0 Å². The Bertz CT molecular complexity index is 2370. The smallest absolute Gasteiger partial charge is 0.0465 e. The first kappa shape index (κ1) is 32.0. The molecule has 0 heterocycles. The van der Waals surface area contributed by atoms with Crippen LogP contribution in [0.25, 0.3) is 22.3 Å². The van der Waals surface area contributed by atoms with E-state index in [0.717, 1.165) is 34.1 Å². The Hall–Kier alpha value is -6.64. The first-order valence-corrected chi connectivity index (χ1v) is 18.9. The lowest BCUT2D eigenvalue weighted by molar-refractivity contribution is 0.376. The van der Waals surface area contributed by atoms with Crippen LogP contribution < -0.4 is 9.80 Å². The maximum absolute atomic E-state index is 2.50. The maximum Gasteiger partial charge on any atom is 0.0465 e. The zero-order chi connectivity index (χ0) is 36.3. The summed E-state index contributed by atoms with van der Waals surface area (Å²) in [6.45, 7) is 5.00. The number of nitrogens with zero attached hydrogens (tertiary/aromatic N) is 2. The molecule has 0 N–H and O–H groups in total. The van der Waals surface area contributed by atoms with Gasteiger partial charge in [-0.2, -0.15) is 0 Å². The van der Waals surface area contributed by atoms with Crippen molar-refractivity contribution >= 4 is 34.1 Å². The Morgan fingerprint density at radius 1 is 0.259 bits per heavy atom. The molecule has 8 aromatic carbocycles. The van der Waals surface area contributed by atoms with Gasteiger partial charge in [0.05, 0.1) is 0 Å². The SMILES string of the molecule is CC1(C2(C)c3ccccc3-c3ccc(N(c4ccccc4)c4ccccc4)cc32)c2ccccc2-c2ccc(N(c3ccccc3)c3ccccc3)cc21. The molecule has 2 unspecified atom stereocenters. The van der Waals surface area contributed by atoms with Crippen LogP contribution in [0, 0.1) is 0 Å². The lowest BCUT2D eigenvalue weighted by Gasteiger charge is -2.45. The van der Waals surface area contributed by atoms with Crippen molar-refractivity contribution in [2.75, 3.05) is 9.80 Å². The fraction of sp³-hybridized carbons (Fsp3) is 0.0769. The number of hydrogen-bond donors (Lipinski definition) is 0. The topological polar surface area (TPSA) is 6.48 Å². The van der Waals surface area contributed by atoms with Crippen molar-refractivity contribution in [2.45, 2.75) is 24.7 Å². The van der Waals surface area contributed by atoms with E-state index in [1.807, 2.05) is 0 Å². The highest BCUT2D eigenvalue weighted by Gasteiger charge is 2.57. The summed E-state index contributed by atoms with van der Waals surface area (Å²) in [4.78, 5) is 4.77. The second-order valence-electron chi connectivity index (χ2n) is 14.8. The fourth-order valence-corrected chi connectivity index (χ4v) is 9.52. The standard InChI is InChI=1S/C52H40N2/c1-51(47-29-17-15-27-43(47)45-33-31-41(35-49(45)51)53(37-19-7-3-8-20-37)38-21-9-4-10-22-38)52(2)48-30-18-16-28-44(48)46-34-32-42(36-50(46)52)54(39-23-11-5-12-24-39)40-25-13-6-14-26-40/h3-36H,1-2H3. The Kier molecular flexibility index (Phi) is 7.42. The molecule has 0 saturated carbocycles. The first-order valence-electron chi connectivity index (χ1n) is 18.9. The maximum atomic E-state index is 2.50. The molecule has 0 spiro atoms. The summed E-state index contributed by atoms with van der Waals surface area (Å²) < 4.78 is 0. The van der Waals surface area contributed by atoms with E-state index >= 15 is 0 Å². The number of hydrogen-bond acceptors (Lipinski definition) is 2. The molecule has 8 aromatic rings. The van der Waals surface area contributed by atoms with E-state index in [-0.39, 0.29) is 0 Å². The number of para-hydroxylation sites is 4. The van der Waals surface area contributed by atoms with Crippen LogP contribution in [0.2, 0.25) is 0 Å². The fourth-order valence-electron chi connectivity index (χ4n) is 9.52. The molecule has 0 aromatic heterocycles. The molecule has 2 nitrogen and oxygen atoms in total. The highest BCUT2D eigenvalue weighted by atomic mass is 15.1. The van der Waals surface area contributed by atoms with Crippen LogP contribution in [0.3, 0.4) is 0 Å². The Balaban J connectivity index is 1.23. The monoisotopic (exact) mass is 692 g/mol. The van der Waals surface area contributed by atoms with Crippen molar-refractivity contribution in [1.82, 2.24) is 0 Å². The predicted octanol–water partition coefficient (Wildman–Crippen LogP) is 13.9. The van der Waals surface area contributed by atoms with Gasteiger partial charge in [-0.1, -0.05) is 147 Å². The molecule has 0 saturated heterocycles. The van der Waals surface area contributed by atoms with Gasteiger partial charge in [-0.25, -0.2) is 0 Å². The lowest BCUT2D eigenvalue weighted by Crippen LogP contribution is -2.44. The molecular formula is C52H40N2. The van der Waals surface area contributed by atoms with Gasteiger partial charge in [0.25, 0.3) is 0 Å². The summed E-state index contributed by atoms with van der Waals surface area (Å²) in [7, 11) is 0. The van der Waals surface area contributed by atoms with Gasteiger partial charge in [0, 0.05) is 45.0 Å². The average molecular weight is 693 g/mol. The van der Waals surface area contributed by atoms with Gasteiger partial charge in [-0.05, 0) is 117 Å². The van der Waals surface area contributed by atoms with Crippen molar-refractivity contribution in [3.05, 3.63) is 229 Å². The second kappa shape index (κ2) is 12.5. The molecule has 258 valence electrons. The van der Waals surface area contributed by atoms with Gasteiger partial charge < -0.3 is 9.80 Å². The van der Waals surface area contributed by atoms with Crippen LogP contribution in [0.15, 0.2) is 206 Å². The summed E-state index contributed by atoms with van der Waals surface area (Å²) in [6.07, 6.45) is 0. The molecule has 0 fully saturated rings. The minimum atomic E-state index is -0.418. The van der Waals surface area contributed by atoms with E-state index in [1.165, 1.54) is 44.5 Å².